The minimum Gasteiger partial charge on any atom is -0.481 e. The number of aryl methyl sites for hydroxylation is 6. The van der Waals surface area contributed by atoms with E-state index in [0.29, 0.717) is 123 Å². The summed E-state index contributed by atoms with van der Waals surface area (Å²) in [5.74, 6) is 5.88. The Morgan fingerprint density at radius 2 is 1.14 bits per heavy atom. The number of nitrogens with one attached hydrogen (secondary N) is 4. The van der Waals surface area contributed by atoms with E-state index in [-0.39, 0.29) is 12.4 Å². The molecular weight excluding hydrogens is 675 g/mol. The molecule has 0 aliphatic heterocycles. The Kier molecular flexibility index (Phi) is 16.0. The number of nitrogens with two attached hydrogens (primary N) is 1. The van der Waals surface area contributed by atoms with Gasteiger partial charge in [-0.1, -0.05) is 6.92 Å². The second-order valence-corrected chi connectivity index (χ2v) is 12.0. The predicted octanol–water partition coefficient (Wildman–Crippen LogP) is 2.15. The fourth-order valence-corrected chi connectivity index (χ4v) is 4.91. The van der Waals surface area contributed by atoms with Crippen molar-refractivity contribution in [2.24, 2.45) is 0 Å². The molecule has 0 radical (unpaired) electrons. The number of carboxylic acid groups (broad SMARTS) is 1. The van der Waals surface area contributed by atoms with Crippen molar-refractivity contribution in [2.75, 3.05) is 58.9 Å². The highest BCUT2D eigenvalue weighted by molar-refractivity contribution is 7.80. The van der Waals surface area contributed by atoms with Gasteiger partial charge in [-0.05, 0) is 39.0 Å². The SMILES string of the molecule is CCCc1nc(NCCS)nc(NCCCc2ncnc(NCCCc3nc(CCCC(=O)O)nc(NCCCc4nc(C)nc(N)n4)n3)n2)n1. The topological polar surface area (TPSA) is 266 Å². The maximum absolute atomic E-state index is 11.0. The molecule has 0 amide bonds. The van der Waals surface area contributed by atoms with Gasteiger partial charge in [0.05, 0.1) is 0 Å². The number of carbonyl (C=O) groups is 1. The first kappa shape index (κ1) is 38.7. The van der Waals surface area contributed by atoms with Gasteiger partial charge in [0.25, 0.3) is 0 Å². The summed E-state index contributed by atoms with van der Waals surface area (Å²) < 4.78 is 0. The van der Waals surface area contributed by atoms with E-state index in [9.17, 15) is 4.79 Å². The molecule has 19 nitrogen and oxygen atoms in total. The molecule has 4 aromatic rings. The van der Waals surface area contributed by atoms with E-state index < -0.39 is 5.97 Å². The molecule has 0 spiro atoms. The van der Waals surface area contributed by atoms with Crippen LogP contribution in [0, 0.1) is 6.92 Å². The lowest BCUT2D eigenvalue weighted by molar-refractivity contribution is -0.137. The highest BCUT2D eigenvalue weighted by atomic mass is 32.1. The maximum Gasteiger partial charge on any atom is 0.303 e. The number of aliphatic carboxylic acids is 1. The van der Waals surface area contributed by atoms with Crippen molar-refractivity contribution in [3.05, 3.63) is 41.3 Å². The zero-order chi connectivity index (χ0) is 36.3. The Morgan fingerprint density at radius 1 is 0.627 bits per heavy atom. The molecule has 7 N–H and O–H groups in total. The summed E-state index contributed by atoms with van der Waals surface area (Å²) in [5.41, 5.74) is 5.73. The van der Waals surface area contributed by atoms with Crippen molar-refractivity contribution in [1.29, 1.82) is 0 Å². The number of carboxylic acids is 1. The van der Waals surface area contributed by atoms with Crippen LogP contribution in [0.2, 0.25) is 0 Å². The van der Waals surface area contributed by atoms with Crippen LogP contribution < -0.4 is 27.0 Å². The van der Waals surface area contributed by atoms with Gasteiger partial charge in [0, 0.05) is 70.5 Å². The first-order valence-corrected chi connectivity index (χ1v) is 17.8. The molecule has 20 heteroatoms. The van der Waals surface area contributed by atoms with Gasteiger partial charge in [0.15, 0.2) is 0 Å². The van der Waals surface area contributed by atoms with Gasteiger partial charge in [-0.25, -0.2) is 19.9 Å². The van der Waals surface area contributed by atoms with Crippen LogP contribution in [-0.4, -0.2) is 103 Å². The van der Waals surface area contributed by atoms with Gasteiger partial charge in [-0.3, -0.25) is 4.79 Å². The average Bonchev–Trinajstić information content (AvgIpc) is 3.09. The van der Waals surface area contributed by atoms with E-state index in [4.69, 9.17) is 10.8 Å². The monoisotopic (exact) mass is 721 g/mol. The van der Waals surface area contributed by atoms with Crippen LogP contribution in [0.4, 0.5) is 29.7 Å². The molecule has 51 heavy (non-hydrogen) atoms. The smallest absolute Gasteiger partial charge is 0.303 e. The molecule has 0 aromatic carbocycles. The number of rotatable bonds is 24. The van der Waals surface area contributed by atoms with E-state index in [0.717, 1.165) is 31.5 Å². The third kappa shape index (κ3) is 14.7. The zero-order valence-corrected chi connectivity index (χ0v) is 30.0. The predicted molar refractivity (Wildman–Crippen MR) is 196 cm³/mol. The van der Waals surface area contributed by atoms with Gasteiger partial charge in [-0.15, -0.1) is 0 Å². The van der Waals surface area contributed by atoms with Crippen LogP contribution in [0.3, 0.4) is 0 Å². The summed E-state index contributed by atoms with van der Waals surface area (Å²) in [6.07, 6.45) is 8.18. The second-order valence-electron chi connectivity index (χ2n) is 11.5. The molecule has 0 aliphatic rings. The largest absolute Gasteiger partial charge is 0.481 e. The number of nitrogen functional groups attached to an aromatic ring is 1. The van der Waals surface area contributed by atoms with E-state index in [2.05, 4.69) is 101 Å². The molecule has 0 atom stereocenters. The molecule has 4 rings (SSSR count). The summed E-state index contributed by atoms with van der Waals surface area (Å²) in [4.78, 5) is 63.8. The molecule has 274 valence electrons. The molecule has 0 saturated heterocycles. The van der Waals surface area contributed by atoms with Crippen molar-refractivity contribution in [1.82, 2.24) is 59.8 Å². The molecule has 4 heterocycles. The normalized spacial score (nSPS) is 11.0. The molecule has 0 saturated carbocycles. The van der Waals surface area contributed by atoms with Crippen molar-refractivity contribution >= 4 is 48.3 Å². The van der Waals surface area contributed by atoms with Crippen LogP contribution in [0.25, 0.3) is 0 Å². The summed E-state index contributed by atoms with van der Waals surface area (Å²) in [6.45, 7) is 6.35. The quantitative estimate of drug-likeness (QED) is 0.0403. The van der Waals surface area contributed by atoms with E-state index in [1.54, 1.807) is 6.92 Å². The van der Waals surface area contributed by atoms with E-state index >= 15 is 0 Å². The minimum atomic E-state index is -0.853. The zero-order valence-electron chi connectivity index (χ0n) is 29.1. The van der Waals surface area contributed by atoms with E-state index in [1.165, 1.54) is 6.33 Å². The molecule has 0 aliphatic carbocycles. The summed E-state index contributed by atoms with van der Waals surface area (Å²) in [5, 5.41) is 22.0. The van der Waals surface area contributed by atoms with Crippen LogP contribution in [0.1, 0.15) is 80.4 Å². The van der Waals surface area contributed by atoms with Crippen molar-refractivity contribution in [3.8, 4) is 0 Å². The Morgan fingerprint density at radius 3 is 1.73 bits per heavy atom. The lowest BCUT2D eigenvalue weighted by Crippen LogP contribution is -2.14. The van der Waals surface area contributed by atoms with Crippen molar-refractivity contribution in [2.45, 2.75) is 84.5 Å². The van der Waals surface area contributed by atoms with Gasteiger partial charge < -0.3 is 32.1 Å². The highest BCUT2D eigenvalue weighted by Gasteiger charge is 2.10. The van der Waals surface area contributed by atoms with Crippen LogP contribution in [0.5, 0.6) is 0 Å². The Bertz CT molecular complexity index is 1660. The summed E-state index contributed by atoms with van der Waals surface area (Å²) in [6, 6.07) is 0. The second kappa shape index (κ2) is 21.2. The summed E-state index contributed by atoms with van der Waals surface area (Å²) in [7, 11) is 0. The fraction of sp³-hybridized carbons (Fsp3) is 0.581. The van der Waals surface area contributed by atoms with Crippen molar-refractivity contribution < 1.29 is 9.90 Å². The maximum atomic E-state index is 11.0. The third-order valence-electron chi connectivity index (χ3n) is 7.08. The lowest BCUT2D eigenvalue weighted by atomic mass is 10.2. The summed E-state index contributed by atoms with van der Waals surface area (Å²) >= 11 is 4.24. The Hall–Kier alpha value is -5.14. The van der Waals surface area contributed by atoms with Gasteiger partial charge in [0.1, 0.15) is 41.3 Å². The van der Waals surface area contributed by atoms with Gasteiger partial charge in [-0.2, -0.15) is 52.5 Å². The molecule has 4 aromatic heterocycles. The molecule has 0 fully saturated rings. The van der Waals surface area contributed by atoms with Crippen molar-refractivity contribution in [3.63, 3.8) is 0 Å². The van der Waals surface area contributed by atoms with Crippen LogP contribution >= 0.6 is 12.6 Å². The molecular formula is C31H47N17O2S. The number of thiol groups is 1. The number of hydrogen-bond donors (Lipinski definition) is 7. The minimum absolute atomic E-state index is 0.0429. The average molecular weight is 722 g/mol. The molecule has 0 bridgehead atoms. The number of anilines is 5. The molecule has 0 unspecified atom stereocenters. The van der Waals surface area contributed by atoms with Gasteiger partial charge in [0.2, 0.25) is 29.7 Å². The van der Waals surface area contributed by atoms with Gasteiger partial charge >= 0.3 is 5.97 Å². The van der Waals surface area contributed by atoms with E-state index in [1.807, 2.05) is 0 Å². The number of hydrogen-bond acceptors (Lipinski definition) is 19. The third-order valence-corrected chi connectivity index (χ3v) is 7.31. The van der Waals surface area contributed by atoms with Crippen LogP contribution in [0.15, 0.2) is 6.33 Å². The van der Waals surface area contributed by atoms with Crippen LogP contribution in [-0.2, 0) is 36.9 Å². The first-order valence-electron chi connectivity index (χ1n) is 17.2. The fourth-order valence-electron chi connectivity index (χ4n) is 4.80. The number of aromatic nitrogens is 12. The Labute approximate surface area is 302 Å². The lowest BCUT2D eigenvalue weighted by Gasteiger charge is -2.10. The Balaban J connectivity index is 1.23. The highest BCUT2D eigenvalue weighted by Crippen LogP contribution is 2.10. The standard InChI is InChI=1S/C31H47N17O2S/c1-3-8-22-44-30(48-31(45-22)36-17-18-51)35-15-5-10-21-37-19-38-28(43-21)33-14-7-12-25-41-24(9-4-13-26(49)50)46-29(47-25)34-16-6-11-23-39-20(2)40-27(32)42-23/h19,51H,3-18H2,1-2H3,(H,49,50)(H2,32,39,40,42)(H,33,37,38,43)(H,34,41,46,47)(H2,35,36,44,45,48). The number of nitrogens with zero attached hydrogens (tertiary/aromatic N) is 12. The first-order chi connectivity index (χ1) is 24.8.